The fourth-order valence-electron chi connectivity index (χ4n) is 6.92. The van der Waals surface area contributed by atoms with Crippen LogP contribution in [0.15, 0.2) is 36.5 Å². The van der Waals surface area contributed by atoms with Crippen molar-refractivity contribution in [2.75, 3.05) is 33.1 Å². The van der Waals surface area contributed by atoms with Crippen molar-refractivity contribution in [3.05, 3.63) is 58.8 Å². The first-order chi connectivity index (χ1) is 20.2. The Hall–Kier alpha value is -3.66. The number of esters is 1. The maximum absolute atomic E-state index is 14.2. The molecule has 10 heteroatoms. The van der Waals surface area contributed by atoms with Gasteiger partial charge in [0.25, 0.3) is 0 Å². The molecule has 0 radical (unpaired) electrons. The normalized spacial score (nSPS) is 19.6. The van der Waals surface area contributed by atoms with Crippen LogP contribution >= 0.6 is 0 Å². The van der Waals surface area contributed by atoms with Crippen LogP contribution < -0.4 is 10.1 Å². The first kappa shape index (κ1) is 30.8. The summed E-state index contributed by atoms with van der Waals surface area (Å²) in [7, 11) is 4.75. The van der Waals surface area contributed by atoms with Gasteiger partial charge in [0, 0.05) is 55.3 Å². The molecule has 2 heterocycles. The average Bonchev–Trinajstić information content (AvgIpc) is 3.39. The molecule has 0 bridgehead atoms. The number of piperidine rings is 1. The number of nitrogens with zero attached hydrogens (tertiary/aromatic N) is 2. The summed E-state index contributed by atoms with van der Waals surface area (Å²) in [6.45, 7) is 8.50. The van der Waals surface area contributed by atoms with E-state index in [-0.39, 0.29) is 18.9 Å². The van der Waals surface area contributed by atoms with Crippen LogP contribution in [0.3, 0.4) is 0 Å². The van der Waals surface area contributed by atoms with E-state index in [1.807, 2.05) is 45.9 Å². The lowest BCUT2D eigenvalue weighted by Gasteiger charge is -2.55. The molecule has 2 aliphatic rings. The lowest BCUT2D eigenvalue weighted by molar-refractivity contribution is -0.186. The summed E-state index contributed by atoms with van der Waals surface area (Å²) in [5.74, 6) is -2.39. The number of nitrogens with one attached hydrogen (secondary N) is 1. The van der Waals surface area contributed by atoms with Crippen LogP contribution in [0.5, 0.6) is 5.75 Å². The molecule has 1 N–H and O–H groups in total. The third-order valence-corrected chi connectivity index (χ3v) is 8.77. The maximum Gasteiger partial charge on any atom is 0.419 e. The average molecular weight is 598 g/mol. The van der Waals surface area contributed by atoms with E-state index in [1.165, 1.54) is 11.7 Å². The molecule has 1 aromatic heterocycles. The van der Waals surface area contributed by atoms with Crippen LogP contribution in [0.1, 0.15) is 79.5 Å². The Kier molecular flexibility index (Phi) is 7.96. The van der Waals surface area contributed by atoms with Gasteiger partial charge in [0.05, 0.1) is 25.3 Å². The van der Waals surface area contributed by atoms with E-state index >= 15 is 0 Å². The van der Waals surface area contributed by atoms with Crippen molar-refractivity contribution in [2.24, 2.45) is 5.41 Å². The number of halogens is 2. The lowest BCUT2D eigenvalue weighted by Crippen LogP contribution is -2.53. The molecular weight excluding hydrogens is 556 g/mol. The minimum atomic E-state index is -2.63. The number of rotatable bonds is 6. The van der Waals surface area contributed by atoms with Gasteiger partial charge in [0.1, 0.15) is 11.4 Å². The van der Waals surface area contributed by atoms with Crippen LogP contribution in [0, 0.1) is 12.3 Å². The van der Waals surface area contributed by atoms with Crippen molar-refractivity contribution < 1.29 is 32.6 Å². The number of hydrogen-bond donors (Lipinski definition) is 1. The van der Waals surface area contributed by atoms with Gasteiger partial charge in [-0.2, -0.15) is 0 Å². The first-order valence-electron chi connectivity index (χ1n) is 14.6. The number of aromatic nitrogens is 1. The van der Waals surface area contributed by atoms with Gasteiger partial charge in [-0.25, -0.2) is 18.4 Å². The summed E-state index contributed by atoms with van der Waals surface area (Å²) in [6, 6.07) is 9.00. The third-order valence-electron chi connectivity index (χ3n) is 8.77. The Bertz CT molecular complexity index is 1550. The Morgan fingerprint density at radius 3 is 2.44 bits per heavy atom. The highest BCUT2D eigenvalue weighted by atomic mass is 19.3. The zero-order valence-corrected chi connectivity index (χ0v) is 26.0. The summed E-state index contributed by atoms with van der Waals surface area (Å²) >= 11 is 0. The van der Waals surface area contributed by atoms with Crippen LogP contribution in [0.25, 0.3) is 10.9 Å². The molecule has 1 aliphatic heterocycles. The van der Waals surface area contributed by atoms with E-state index in [0.29, 0.717) is 37.2 Å². The quantitative estimate of drug-likeness (QED) is 0.298. The SMILES string of the molecule is CNc1cc(C(=O)OC)ccc1[C@H]1CC2(CCN1Cc1c(OC)cc(C)c3c1ccn3C(=O)OC(C)(C)C)CC(F)(F)C2. The molecule has 2 fully saturated rings. The summed E-state index contributed by atoms with van der Waals surface area (Å²) in [6.07, 6.45) is 2.25. The Labute approximate surface area is 251 Å². The van der Waals surface area contributed by atoms with Gasteiger partial charge in [-0.3, -0.25) is 9.47 Å². The van der Waals surface area contributed by atoms with Gasteiger partial charge in [0.2, 0.25) is 5.92 Å². The van der Waals surface area contributed by atoms with Gasteiger partial charge in [-0.15, -0.1) is 0 Å². The molecule has 8 nitrogen and oxygen atoms in total. The predicted octanol–water partition coefficient (Wildman–Crippen LogP) is 7.32. The zero-order valence-electron chi connectivity index (χ0n) is 26.0. The molecule has 0 unspecified atom stereocenters. The van der Waals surface area contributed by atoms with Gasteiger partial charge in [-0.1, -0.05) is 6.07 Å². The van der Waals surface area contributed by atoms with Gasteiger partial charge in [-0.05, 0) is 87.9 Å². The lowest BCUT2D eigenvalue weighted by atomic mass is 9.59. The molecular formula is C33H41F2N3O5. The number of anilines is 1. The number of hydrogen-bond acceptors (Lipinski definition) is 7. The maximum atomic E-state index is 14.2. The molecule has 1 aliphatic carbocycles. The van der Waals surface area contributed by atoms with Crippen LogP contribution in [0.2, 0.25) is 0 Å². The van der Waals surface area contributed by atoms with Crippen LogP contribution in [0.4, 0.5) is 19.3 Å². The molecule has 5 rings (SSSR count). The summed E-state index contributed by atoms with van der Waals surface area (Å²) in [5, 5.41) is 4.08. The Balaban J connectivity index is 1.57. The van der Waals surface area contributed by atoms with E-state index in [2.05, 4.69) is 10.2 Å². The van der Waals surface area contributed by atoms with Crippen molar-refractivity contribution in [1.29, 1.82) is 0 Å². The van der Waals surface area contributed by atoms with Crippen LogP contribution in [-0.2, 0) is 16.0 Å². The number of benzene rings is 2. The van der Waals surface area contributed by atoms with E-state index in [0.717, 1.165) is 33.3 Å². The van der Waals surface area contributed by atoms with Crippen molar-refractivity contribution in [3.8, 4) is 5.75 Å². The number of fused-ring (bicyclic) bond motifs is 1. The highest BCUT2D eigenvalue weighted by molar-refractivity contribution is 5.95. The van der Waals surface area contributed by atoms with Crippen molar-refractivity contribution in [2.45, 2.75) is 77.5 Å². The van der Waals surface area contributed by atoms with Gasteiger partial charge in [0.15, 0.2) is 0 Å². The van der Waals surface area contributed by atoms with Crippen molar-refractivity contribution in [1.82, 2.24) is 9.47 Å². The monoisotopic (exact) mass is 597 g/mol. The second-order valence-corrected chi connectivity index (χ2v) is 13.0. The number of aryl methyl sites for hydroxylation is 1. The minimum Gasteiger partial charge on any atom is -0.496 e. The highest BCUT2D eigenvalue weighted by Gasteiger charge is 2.58. The summed E-state index contributed by atoms with van der Waals surface area (Å²) < 4.78 is 46.4. The third kappa shape index (κ3) is 5.94. The van der Waals surface area contributed by atoms with E-state index in [1.54, 1.807) is 32.5 Å². The highest BCUT2D eigenvalue weighted by Crippen LogP contribution is 2.61. The van der Waals surface area contributed by atoms with Gasteiger partial charge < -0.3 is 19.5 Å². The predicted molar refractivity (Wildman–Crippen MR) is 161 cm³/mol. The molecule has 2 aromatic carbocycles. The smallest absolute Gasteiger partial charge is 0.419 e. The van der Waals surface area contributed by atoms with Crippen molar-refractivity contribution in [3.63, 3.8) is 0 Å². The first-order valence-corrected chi connectivity index (χ1v) is 14.6. The fourth-order valence-corrected chi connectivity index (χ4v) is 6.92. The van der Waals surface area contributed by atoms with E-state index in [9.17, 15) is 18.4 Å². The molecule has 1 saturated carbocycles. The second kappa shape index (κ2) is 11.1. The van der Waals surface area contributed by atoms with Crippen LogP contribution in [-0.4, -0.2) is 60.9 Å². The fraction of sp³-hybridized carbons (Fsp3) is 0.515. The molecule has 1 saturated heterocycles. The van der Waals surface area contributed by atoms with Gasteiger partial charge >= 0.3 is 12.1 Å². The largest absolute Gasteiger partial charge is 0.496 e. The number of ether oxygens (including phenoxy) is 3. The number of alkyl halides is 2. The Morgan fingerprint density at radius 2 is 1.84 bits per heavy atom. The number of methoxy groups -OCH3 is 2. The summed E-state index contributed by atoms with van der Waals surface area (Å²) in [4.78, 5) is 27.7. The molecule has 1 atom stereocenters. The molecule has 0 amide bonds. The minimum absolute atomic E-state index is 0.115. The number of likely N-dealkylation sites (tertiary alicyclic amines) is 1. The molecule has 43 heavy (non-hydrogen) atoms. The number of carbonyl (C=O) groups excluding carboxylic acids is 2. The second-order valence-electron chi connectivity index (χ2n) is 13.0. The standard InChI is InChI=1S/C33H41F2N3O5/c1-20-14-27(41-6)24(22-10-12-38(28(20)22)30(40)43-31(2,3)4)17-37-13-11-32(18-33(34,35)19-32)16-26(37)23-9-8-21(29(39)42-7)15-25(23)36-5/h8-10,12,14-15,26,36H,11,13,16-19H2,1-7H3/t26-/m1/s1. The topological polar surface area (TPSA) is 82.0 Å². The van der Waals surface area contributed by atoms with E-state index < -0.39 is 29.0 Å². The summed E-state index contributed by atoms with van der Waals surface area (Å²) in [5.41, 5.74) is 3.51. The zero-order chi connectivity index (χ0) is 31.3. The molecule has 1 spiro atoms. The van der Waals surface area contributed by atoms with Crippen molar-refractivity contribution >= 4 is 28.7 Å². The molecule has 232 valence electrons. The van der Waals surface area contributed by atoms with E-state index in [4.69, 9.17) is 14.2 Å². The molecule has 3 aromatic rings. The Morgan fingerprint density at radius 1 is 1.12 bits per heavy atom. The number of carbonyl (C=O) groups is 2.